The van der Waals surface area contributed by atoms with Crippen LogP contribution in [-0.2, 0) is 9.53 Å². The molecule has 1 N–H and O–H groups in total. The summed E-state index contributed by atoms with van der Waals surface area (Å²) in [6.07, 6.45) is 1.73. The van der Waals surface area contributed by atoms with Crippen molar-refractivity contribution in [3.8, 4) is 5.69 Å². The Morgan fingerprint density at radius 2 is 1.96 bits per heavy atom. The van der Waals surface area contributed by atoms with E-state index in [0.717, 1.165) is 16.9 Å². The van der Waals surface area contributed by atoms with Gasteiger partial charge in [0.05, 0.1) is 24.0 Å². The molecule has 0 unspecified atom stereocenters. The number of carbonyl (C=O) groups is 1. The second-order valence-corrected chi connectivity index (χ2v) is 5.72. The van der Waals surface area contributed by atoms with Crippen LogP contribution in [0.5, 0.6) is 0 Å². The average molecular weight is 319 g/mol. The smallest absolute Gasteiger partial charge is 0.246 e. The zero-order chi connectivity index (χ0) is 17.0. The van der Waals surface area contributed by atoms with E-state index in [4.69, 9.17) is 4.74 Å². The second-order valence-electron chi connectivity index (χ2n) is 5.72. The van der Waals surface area contributed by atoms with Gasteiger partial charge in [-0.1, -0.05) is 0 Å². The Labute approximate surface area is 135 Å². The number of nitrogens with one attached hydrogen (secondary N) is 1. The molecule has 0 saturated heterocycles. The molecule has 2 aromatic rings. The van der Waals surface area contributed by atoms with Crippen LogP contribution in [0.15, 0.2) is 30.5 Å². The topological polar surface area (TPSA) is 56.1 Å². The summed E-state index contributed by atoms with van der Waals surface area (Å²) in [5, 5.41) is 7.22. The number of aromatic nitrogens is 2. The standard InChI is InChI=1S/C17H22FN3O2/c1-11(2)23-10-17(22)20-12(3)16-9-19-21(13(16)4)15-7-5-14(18)6-8-15/h5-9,11-12H,10H2,1-4H3,(H,20,22)/t12-/m1/s1. The summed E-state index contributed by atoms with van der Waals surface area (Å²) in [5.41, 5.74) is 2.58. The minimum absolute atomic E-state index is 0.0130. The molecule has 1 atom stereocenters. The van der Waals surface area contributed by atoms with Crippen LogP contribution in [0.4, 0.5) is 4.39 Å². The van der Waals surface area contributed by atoms with Crippen molar-refractivity contribution < 1.29 is 13.9 Å². The molecule has 0 saturated carbocycles. The maximum Gasteiger partial charge on any atom is 0.246 e. The van der Waals surface area contributed by atoms with Crippen LogP contribution in [0.3, 0.4) is 0 Å². The number of ether oxygens (including phenoxy) is 1. The summed E-state index contributed by atoms with van der Waals surface area (Å²) in [4.78, 5) is 11.9. The van der Waals surface area contributed by atoms with E-state index in [-0.39, 0.29) is 30.5 Å². The summed E-state index contributed by atoms with van der Waals surface area (Å²) < 4.78 is 20.0. The summed E-state index contributed by atoms with van der Waals surface area (Å²) in [6, 6.07) is 5.93. The molecule has 6 heteroatoms. The number of halogens is 1. The predicted octanol–water partition coefficient (Wildman–Crippen LogP) is 2.92. The predicted molar refractivity (Wildman–Crippen MR) is 85.9 cm³/mol. The molecule has 2 rings (SSSR count). The fourth-order valence-electron chi connectivity index (χ4n) is 2.29. The van der Waals surface area contributed by atoms with Crippen molar-refractivity contribution in [2.45, 2.75) is 39.8 Å². The van der Waals surface area contributed by atoms with Crippen LogP contribution in [0, 0.1) is 12.7 Å². The molecule has 23 heavy (non-hydrogen) atoms. The van der Waals surface area contributed by atoms with Crippen molar-refractivity contribution >= 4 is 5.91 Å². The number of nitrogens with zero attached hydrogens (tertiary/aromatic N) is 2. The van der Waals surface area contributed by atoms with Crippen LogP contribution < -0.4 is 5.32 Å². The first-order valence-electron chi connectivity index (χ1n) is 7.60. The van der Waals surface area contributed by atoms with Gasteiger partial charge in [-0.05, 0) is 52.0 Å². The van der Waals surface area contributed by atoms with Gasteiger partial charge >= 0.3 is 0 Å². The normalized spacial score (nSPS) is 12.4. The van der Waals surface area contributed by atoms with E-state index >= 15 is 0 Å². The van der Waals surface area contributed by atoms with Crippen LogP contribution in [0.25, 0.3) is 5.69 Å². The molecule has 124 valence electrons. The highest BCUT2D eigenvalue weighted by molar-refractivity contribution is 5.77. The number of rotatable bonds is 6. The van der Waals surface area contributed by atoms with Gasteiger partial charge in [0.15, 0.2) is 0 Å². The molecule has 0 fully saturated rings. The zero-order valence-electron chi connectivity index (χ0n) is 13.8. The first-order chi connectivity index (χ1) is 10.9. The van der Waals surface area contributed by atoms with Crippen molar-refractivity contribution in [2.24, 2.45) is 0 Å². The van der Waals surface area contributed by atoms with E-state index in [1.807, 2.05) is 27.7 Å². The molecule has 1 aromatic carbocycles. The highest BCUT2D eigenvalue weighted by atomic mass is 19.1. The fourth-order valence-corrected chi connectivity index (χ4v) is 2.29. The molecule has 1 amide bonds. The van der Waals surface area contributed by atoms with Crippen LogP contribution in [0.1, 0.15) is 38.1 Å². The Hall–Kier alpha value is -2.21. The lowest BCUT2D eigenvalue weighted by molar-refractivity contribution is -0.127. The van der Waals surface area contributed by atoms with Crippen molar-refractivity contribution in [3.63, 3.8) is 0 Å². The molecular weight excluding hydrogens is 297 g/mol. The van der Waals surface area contributed by atoms with Gasteiger partial charge in [-0.25, -0.2) is 9.07 Å². The quantitative estimate of drug-likeness (QED) is 0.890. The number of amides is 1. The third kappa shape index (κ3) is 4.39. The highest BCUT2D eigenvalue weighted by Gasteiger charge is 2.16. The van der Waals surface area contributed by atoms with Crippen LogP contribution >= 0.6 is 0 Å². The van der Waals surface area contributed by atoms with E-state index < -0.39 is 0 Å². The SMILES string of the molecule is Cc1c([C@@H](C)NC(=O)COC(C)C)cnn1-c1ccc(F)cc1. The Bertz CT molecular complexity index is 665. The molecule has 1 aromatic heterocycles. The fraction of sp³-hybridized carbons (Fsp3) is 0.412. The Morgan fingerprint density at radius 3 is 2.57 bits per heavy atom. The average Bonchev–Trinajstić information content (AvgIpc) is 2.88. The van der Waals surface area contributed by atoms with E-state index in [1.165, 1.54) is 12.1 Å². The van der Waals surface area contributed by atoms with Crippen molar-refractivity contribution in [1.29, 1.82) is 0 Å². The lowest BCUT2D eigenvalue weighted by Crippen LogP contribution is -2.31. The maximum atomic E-state index is 13.0. The Kier molecular flexibility index (Phi) is 5.50. The van der Waals surface area contributed by atoms with Gasteiger partial charge in [0.2, 0.25) is 5.91 Å². The summed E-state index contributed by atoms with van der Waals surface area (Å²) in [7, 11) is 0. The zero-order valence-corrected chi connectivity index (χ0v) is 13.8. The van der Waals surface area contributed by atoms with Crippen molar-refractivity contribution in [3.05, 3.63) is 47.5 Å². The van der Waals surface area contributed by atoms with E-state index in [0.29, 0.717) is 0 Å². The van der Waals surface area contributed by atoms with Crippen molar-refractivity contribution in [1.82, 2.24) is 15.1 Å². The molecule has 1 heterocycles. The minimum Gasteiger partial charge on any atom is -0.369 e. The summed E-state index contributed by atoms with van der Waals surface area (Å²) in [5.74, 6) is -0.454. The molecular formula is C17H22FN3O2. The molecule has 0 spiro atoms. The Morgan fingerprint density at radius 1 is 1.30 bits per heavy atom. The Balaban J connectivity index is 2.09. The van der Waals surface area contributed by atoms with Gasteiger partial charge in [-0.15, -0.1) is 0 Å². The molecule has 5 nitrogen and oxygen atoms in total. The molecule has 0 aliphatic heterocycles. The summed E-state index contributed by atoms with van der Waals surface area (Å²) >= 11 is 0. The third-order valence-corrected chi connectivity index (χ3v) is 3.51. The van der Waals surface area contributed by atoms with Crippen LogP contribution in [-0.4, -0.2) is 28.4 Å². The first kappa shape index (κ1) is 17.1. The number of benzene rings is 1. The van der Waals surface area contributed by atoms with Gasteiger partial charge in [0.1, 0.15) is 12.4 Å². The number of hydrogen-bond donors (Lipinski definition) is 1. The van der Waals surface area contributed by atoms with E-state index in [2.05, 4.69) is 10.4 Å². The molecule has 0 aliphatic carbocycles. The largest absolute Gasteiger partial charge is 0.369 e. The molecule has 0 radical (unpaired) electrons. The van der Waals surface area contributed by atoms with Crippen molar-refractivity contribution in [2.75, 3.05) is 6.61 Å². The lowest BCUT2D eigenvalue weighted by Gasteiger charge is -2.15. The molecule has 0 bridgehead atoms. The van der Waals surface area contributed by atoms with Gasteiger partial charge in [-0.3, -0.25) is 4.79 Å². The summed E-state index contributed by atoms with van der Waals surface area (Å²) in [6.45, 7) is 7.61. The monoisotopic (exact) mass is 319 g/mol. The second kappa shape index (κ2) is 7.37. The maximum absolute atomic E-state index is 13.0. The molecule has 0 aliphatic rings. The first-order valence-corrected chi connectivity index (χ1v) is 7.60. The lowest BCUT2D eigenvalue weighted by atomic mass is 10.1. The van der Waals surface area contributed by atoms with Gasteiger partial charge in [-0.2, -0.15) is 5.10 Å². The third-order valence-electron chi connectivity index (χ3n) is 3.51. The van der Waals surface area contributed by atoms with Gasteiger partial charge < -0.3 is 10.1 Å². The number of hydrogen-bond acceptors (Lipinski definition) is 3. The van der Waals surface area contributed by atoms with E-state index in [9.17, 15) is 9.18 Å². The van der Waals surface area contributed by atoms with E-state index in [1.54, 1.807) is 23.0 Å². The number of carbonyl (C=O) groups excluding carboxylic acids is 1. The minimum atomic E-state index is -0.287. The van der Waals surface area contributed by atoms with Crippen LogP contribution in [0.2, 0.25) is 0 Å². The van der Waals surface area contributed by atoms with Gasteiger partial charge in [0.25, 0.3) is 0 Å². The highest BCUT2D eigenvalue weighted by Crippen LogP contribution is 2.20. The van der Waals surface area contributed by atoms with Gasteiger partial charge in [0, 0.05) is 11.3 Å².